The number of rotatable bonds is 4. The van der Waals surface area contributed by atoms with Gasteiger partial charge in [-0.25, -0.2) is 15.8 Å². The summed E-state index contributed by atoms with van der Waals surface area (Å²) in [6, 6.07) is 0.501. The van der Waals surface area contributed by atoms with Crippen LogP contribution >= 0.6 is 0 Å². The Hall–Kier alpha value is -1.36. The number of hydrogen-bond acceptors (Lipinski definition) is 5. The van der Waals surface area contributed by atoms with E-state index in [0.717, 1.165) is 11.4 Å². The lowest BCUT2D eigenvalue weighted by Gasteiger charge is -2.35. The lowest BCUT2D eigenvalue weighted by molar-refractivity contribution is 0.232. The highest BCUT2D eigenvalue weighted by molar-refractivity contribution is 5.58. The molecule has 2 rings (SSSR count). The van der Waals surface area contributed by atoms with Gasteiger partial charge in [0.2, 0.25) is 0 Å². The second-order valence-corrected chi connectivity index (χ2v) is 6.87. The van der Waals surface area contributed by atoms with Crippen LogP contribution in [0.1, 0.15) is 64.9 Å². The van der Waals surface area contributed by atoms with Crippen LogP contribution < -0.4 is 16.6 Å². The number of aromatic nitrogens is 2. The van der Waals surface area contributed by atoms with Crippen molar-refractivity contribution in [1.82, 2.24) is 9.97 Å². The minimum Gasteiger partial charge on any atom is -0.367 e. The predicted molar refractivity (Wildman–Crippen MR) is 83.6 cm³/mol. The van der Waals surface area contributed by atoms with E-state index in [1.165, 1.54) is 25.7 Å². The number of anilines is 2. The van der Waals surface area contributed by atoms with Crippen LogP contribution in [0.4, 0.5) is 11.6 Å². The quantitative estimate of drug-likeness (QED) is 0.581. The molecule has 1 saturated carbocycles. The van der Waals surface area contributed by atoms with Crippen LogP contribution in [-0.4, -0.2) is 16.0 Å². The van der Waals surface area contributed by atoms with Crippen LogP contribution in [0.2, 0.25) is 0 Å². The predicted octanol–water partition coefficient (Wildman–Crippen LogP) is 3.27. The third-order valence-corrected chi connectivity index (χ3v) is 4.28. The van der Waals surface area contributed by atoms with Gasteiger partial charge in [-0.2, -0.15) is 0 Å². The van der Waals surface area contributed by atoms with Crippen LogP contribution in [0.3, 0.4) is 0 Å². The molecule has 20 heavy (non-hydrogen) atoms. The molecule has 112 valence electrons. The van der Waals surface area contributed by atoms with Gasteiger partial charge in [0.1, 0.15) is 18.0 Å². The van der Waals surface area contributed by atoms with Gasteiger partial charge in [0.15, 0.2) is 0 Å². The fraction of sp³-hybridized carbons (Fsp3) is 0.733. The van der Waals surface area contributed by atoms with Gasteiger partial charge < -0.3 is 10.7 Å². The van der Waals surface area contributed by atoms with E-state index in [2.05, 4.69) is 48.4 Å². The summed E-state index contributed by atoms with van der Waals surface area (Å²) in [5.74, 6) is 7.52. The first-order valence-electron chi connectivity index (χ1n) is 7.51. The monoisotopic (exact) mass is 277 g/mol. The van der Waals surface area contributed by atoms with Crippen molar-refractivity contribution in [2.24, 2.45) is 11.3 Å². The van der Waals surface area contributed by atoms with Gasteiger partial charge in [-0.3, -0.25) is 0 Å². The van der Waals surface area contributed by atoms with Crippen LogP contribution in [0.15, 0.2) is 6.33 Å². The number of nitrogens with two attached hydrogens (primary N) is 1. The molecule has 1 aromatic rings. The first-order valence-corrected chi connectivity index (χ1v) is 7.51. The van der Waals surface area contributed by atoms with Gasteiger partial charge in [0, 0.05) is 11.6 Å². The van der Waals surface area contributed by atoms with Crippen molar-refractivity contribution in [2.45, 2.75) is 65.3 Å². The summed E-state index contributed by atoms with van der Waals surface area (Å²) in [5, 5.41) is 3.60. The normalized spacial score (nSPS) is 19.1. The van der Waals surface area contributed by atoms with E-state index in [9.17, 15) is 0 Å². The SMILES string of the molecule is CC(C)c1c(NN)ncnc1NC1CCC(C)(C)CC1. The molecular formula is C15H27N5. The minimum atomic E-state index is 0.324. The molecule has 0 atom stereocenters. The van der Waals surface area contributed by atoms with E-state index in [1.54, 1.807) is 6.33 Å². The summed E-state index contributed by atoms with van der Waals surface area (Å²) in [7, 11) is 0. The Labute approximate surface area is 121 Å². The molecule has 0 bridgehead atoms. The highest BCUT2D eigenvalue weighted by Crippen LogP contribution is 2.37. The topological polar surface area (TPSA) is 75.9 Å². The van der Waals surface area contributed by atoms with E-state index in [1.807, 2.05) is 0 Å². The summed E-state index contributed by atoms with van der Waals surface area (Å²) in [4.78, 5) is 8.63. The van der Waals surface area contributed by atoms with Gasteiger partial charge in [-0.05, 0) is 37.0 Å². The van der Waals surface area contributed by atoms with Gasteiger partial charge in [0.05, 0.1) is 0 Å². The van der Waals surface area contributed by atoms with Gasteiger partial charge >= 0.3 is 0 Å². The first kappa shape index (κ1) is 15.0. The molecule has 0 saturated heterocycles. The van der Waals surface area contributed by atoms with Gasteiger partial charge in [-0.15, -0.1) is 0 Å². The third-order valence-electron chi connectivity index (χ3n) is 4.28. The zero-order valence-corrected chi connectivity index (χ0v) is 13.0. The van der Waals surface area contributed by atoms with E-state index < -0.39 is 0 Å². The van der Waals surface area contributed by atoms with Crippen molar-refractivity contribution < 1.29 is 0 Å². The van der Waals surface area contributed by atoms with Crippen molar-refractivity contribution in [2.75, 3.05) is 10.7 Å². The lowest BCUT2D eigenvalue weighted by atomic mass is 9.75. The molecule has 1 aromatic heterocycles. The zero-order chi connectivity index (χ0) is 14.8. The Morgan fingerprint density at radius 2 is 1.80 bits per heavy atom. The Morgan fingerprint density at radius 3 is 2.35 bits per heavy atom. The maximum atomic E-state index is 5.56. The standard InChI is InChI=1S/C15H27N5/c1-10(2)12-13(17-9-18-14(12)20-16)19-11-5-7-15(3,4)8-6-11/h9-11H,5-8,16H2,1-4H3,(H2,17,18,19,20). The molecule has 4 N–H and O–H groups in total. The van der Waals surface area contributed by atoms with Crippen LogP contribution in [0.25, 0.3) is 0 Å². The zero-order valence-electron chi connectivity index (χ0n) is 13.0. The summed E-state index contributed by atoms with van der Waals surface area (Å²) < 4.78 is 0. The first-order chi connectivity index (χ1) is 9.43. The Balaban J connectivity index is 2.14. The molecule has 0 unspecified atom stereocenters. The van der Waals surface area contributed by atoms with Crippen LogP contribution in [-0.2, 0) is 0 Å². The van der Waals surface area contributed by atoms with Gasteiger partial charge in [0.25, 0.3) is 0 Å². The summed E-state index contributed by atoms with van der Waals surface area (Å²) in [6.07, 6.45) is 6.47. The number of hydrazine groups is 1. The largest absolute Gasteiger partial charge is 0.367 e. The number of nitrogens with zero attached hydrogens (tertiary/aromatic N) is 2. The average Bonchev–Trinajstić information content (AvgIpc) is 2.40. The molecule has 0 aromatic carbocycles. The Bertz CT molecular complexity index is 446. The number of hydrogen-bond donors (Lipinski definition) is 3. The summed E-state index contributed by atoms with van der Waals surface area (Å²) in [6.45, 7) is 8.97. The molecule has 5 heteroatoms. The van der Waals surface area contributed by atoms with Crippen LogP contribution in [0, 0.1) is 5.41 Å². The highest BCUT2D eigenvalue weighted by atomic mass is 15.3. The van der Waals surface area contributed by atoms with Crippen molar-refractivity contribution in [3.8, 4) is 0 Å². The lowest BCUT2D eigenvalue weighted by Crippen LogP contribution is -2.30. The van der Waals surface area contributed by atoms with E-state index in [-0.39, 0.29) is 0 Å². The maximum absolute atomic E-state index is 5.56. The molecule has 1 aliphatic carbocycles. The second kappa shape index (κ2) is 5.95. The molecule has 1 fully saturated rings. The maximum Gasteiger partial charge on any atom is 0.148 e. The fourth-order valence-electron chi connectivity index (χ4n) is 2.91. The minimum absolute atomic E-state index is 0.324. The van der Waals surface area contributed by atoms with E-state index in [0.29, 0.717) is 23.2 Å². The molecule has 0 spiro atoms. The fourth-order valence-corrected chi connectivity index (χ4v) is 2.91. The molecule has 0 amide bonds. The second-order valence-electron chi connectivity index (χ2n) is 6.87. The Kier molecular flexibility index (Phi) is 4.48. The van der Waals surface area contributed by atoms with Crippen molar-refractivity contribution in [1.29, 1.82) is 0 Å². The summed E-state index contributed by atoms with van der Waals surface area (Å²) >= 11 is 0. The molecule has 0 radical (unpaired) electrons. The summed E-state index contributed by atoms with van der Waals surface area (Å²) in [5.41, 5.74) is 4.23. The Morgan fingerprint density at radius 1 is 1.20 bits per heavy atom. The van der Waals surface area contributed by atoms with Crippen molar-refractivity contribution >= 4 is 11.6 Å². The van der Waals surface area contributed by atoms with Crippen molar-refractivity contribution in [3.05, 3.63) is 11.9 Å². The average molecular weight is 277 g/mol. The van der Waals surface area contributed by atoms with E-state index >= 15 is 0 Å². The molecule has 5 nitrogen and oxygen atoms in total. The number of nitrogens with one attached hydrogen (secondary N) is 2. The molecule has 1 aliphatic rings. The molecule has 1 heterocycles. The molecule has 0 aliphatic heterocycles. The number of nitrogen functional groups attached to an aromatic ring is 1. The van der Waals surface area contributed by atoms with Crippen molar-refractivity contribution in [3.63, 3.8) is 0 Å². The smallest absolute Gasteiger partial charge is 0.148 e. The van der Waals surface area contributed by atoms with Gasteiger partial charge in [-0.1, -0.05) is 27.7 Å². The highest BCUT2D eigenvalue weighted by Gasteiger charge is 2.27. The third kappa shape index (κ3) is 3.39. The van der Waals surface area contributed by atoms with Crippen LogP contribution in [0.5, 0.6) is 0 Å². The molecular weight excluding hydrogens is 250 g/mol. The van der Waals surface area contributed by atoms with E-state index in [4.69, 9.17) is 5.84 Å².